The van der Waals surface area contributed by atoms with Crippen LogP contribution in [0.1, 0.15) is 0 Å². The zero-order chi connectivity index (χ0) is 5.91. The van der Waals surface area contributed by atoms with Gasteiger partial charge in [0.25, 0.3) is 0 Å². The summed E-state index contributed by atoms with van der Waals surface area (Å²) in [5.41, 5.74) is 0. The molecule has 4 nitrogen and oxygen atoms in total. The van der Waals surface area contributed by atoms with E-state index in [9.17, 15) is 13.6 Å². The molecular weight excluding hydrogens is 157 g/mol. The molecule has 0 atom stereocenters. The molecule has 48 valence electrons. The highest BCUT2D eigenvalue weighted by molar-refractivity contribution is 7.47. The Morgan fingerprint density at radius 3 is 1.62 bits per heavy atom. The monoisotopic (exact) mass is 160 g/mol. The summed E-state index contributed by atoms with van der Waals surface area (Å²) >= 11 is 0. The second kappa shape index (κ2) is 4.60. The highest BCUT2D eigenvalue weighted by Crippen LogP contribution is 2.43. The first-order valence-electron chi connectivity index (χ1n) is 1.06. The molecule has 1 N–H and O–H groups in total. The van der Waals surface area contributed by atoms with Gasteiger partial charge in [0.2, 0.25) is 0 Å². The van der Waals surface area contributed by atoms with Gasteiger partial charge in [-0.2, -0.15) is 0 Å². The minimum absolute atomic E-state index is 0. The molecule has 8 heteroatoms. The van der Waals surface area contributed by atoms with Crippen molar-refractivity contribution in [3.05, 3.63) is 0 Å². The molecule has 0 radical (unpaired) electrons. The lowest BCUT2D eigenvalue weighted by Gasteiger charge is -1.91. The standard InChI is InChI=1S/F2HO4P.Mg.2H/c1-5-7(3,4)6-2;;;/h(H,3,4);;;. The van der Waals surface area contributed by atoms with Crippen molar-refractivity contribution in [2.45, 2.75) is 0 Å². The summed E-state index contributed by atoms with van der Waals surface area (Å²) in [4.78, 5) is 7.49. The SMILES string of the molecule is O=P(O)(OF)OF.[MgH2]. The minimum atomic E-state index is -4.99. The van der Waals surface area contributed by atoms with E-state index in [1.807, 2.05) is 0 Å². The normalized spacial score (nSPS) is 10.4. The Morgan fingerprint density at radius 1 is 1.38 bits per heavy atom. The van der Waals surface area contributed by atoms with Gasteiger partial charge in [0.05, 0.1) is 0 Å². The Morgan fingerprint density at radius 2 is 1.62 bits per heavy atom. The van der Waals surface area contributed by atoms with Crippen molar-refractivity contribution in [3.8, 4) is 0 Å². The van der Waals surface area contributed by atoms with Gasteiger partial charge >= 0.3 is 30.9 Å². The summed E-state index contributed by atoms with van der Waals surface area (Å²) in [5.74, 6) is 0. The highest BCUT2D eigenvalue weighted by atomic mass is 31.2. The Balaban J connectivity index is 0. The smallest absolute Gasteiger partial charge is 0.299 e. The average molecular weight is 160 g/mol. The van der Waals surface area contributed by atoms with Crippen molar-refractivity contribution in [2.24, 2.45) is 0 Å². The van der Waals surface area contributed by atoms with Crippen molar-refractivity contribution in [3.63, 3.8) is 0 Å². The van der Waals surface area contributed by atoms with E-state index in [2.05, 4.69) is 9.46 Å². The second-order valence-electron chi connectivity index (χ2n) is 0.607. The second-order valence-corrected chi connectivity index (χ2v) is 1.82. The maximum atomic E-state index is 10.4. The van der Waals surface area contributed by atoms with E-state index >= 15 is 0 Å². The highest BCUT2D eigenvalue weighted by Gasteiger charge is 2.22. The zero-order valence-corrected chi connectivity index (χ0v) is 3.77. The van der Waals surface area contributed by atoms with E-state index in [0.717, 1.165) is 0 Å². The van der Waals surface area contributed by atoms with Crippen molar-refractivity contribution >= 4 is 30.9 Å². The molecule has 0 saturated heterocycles. The summed E-state index contributed by atoms with van der Waals surface area (Å²) in [7, 11) is -4.99. The molecule has 0 saturated carbocycles. The number of rotatable bonds is 2. The van der Waals surface area contributed by atoms with Crippen LogP contribution in [-0.4, -0.2) is 27.9 Å². The Labute approximate surface area is 59.3 Å². The predicted octanol–water partition coefficient (Wildman–Crippen LogP) is -0.0272. The first-order valence-corrected chi connectivity index (χ1v) is 2.55. The van der Waals surface area contributed by atoms with Gasteiger partial charge in [-0.05, 0) is 9.05 Å². The lowest BCUT2D eigenvalue weighted by molar-refractivity contribution is -0.110. The maximum absolute atomic E-state index is 10.4. The molecule has 0 spiro atoms. The van der Waals surface area contributed by atoms with Crippen LogP contribution in [0.4, 0.5) is 9.05 Å². The van der Waals surface area contributed by atoms with Crippen LogP contribution in [0.3, 0.4) is 0 Å². The van der Waals surface area contributed by atoms with E-state index in [0.29, 0.717) is 0 Å². The third-order valence-corrected chi connectivity index (χ3v) is 0.523. The van der Waals surface area contributed by atoms with Crippen molar-refractivity contribution in [1.29, 1.82) is 0 Å². The Kier molecular flexibility index (Phi) is 6.62. The number of hydrogen-bond acceptors (Lipinski definition) is 3. The molecule has 0 rings (SSSR count). The van der Waals surface area contributed by atoms with Crippen LogP contribution in [0.5, 0.6) is 0 Å². The topological polar surface area (TPSA) is 55.8 Å². The van der Waals surface area contributed by atoms with Gasteiger partial charge in [-0.15, -0.1) is 0 Å². The third kappa shape index (κ3) is 4.88. The average Bonchev–Trinajstić information content (AvgIpc) is 1.68. The zero-order valence-electron chi connectivity index (χ0n) is 2.88. The van der Waals surface area contributed by atoms with Crippen LogP contribution in [0.15, 0.2) is 0 Å². The van der Waals surface area contributed by atoms with Crippen LogP contribution in [0, 0.1) is 0 Å². The summed E-state index contributed by atoms with van der Waals surface area (Å²) < 4.78 is 34.3. The van der Waals surface area contributed by atoms with Crippen LogP contribution in [0.25, 0.3) is 0 Å². The molecule has 0 bridgehead atoms. The summed E-state index contributed by atoms with van der Waals surface area (Å²) in [6.45, 7) is 0. The predicted molar refractivity (Wildman–Crippen MR) is 22.8 cm³/mol. The van der Waals surface area contributed by atoms with E-state index in [1.54, 1.807) is 0 Å². The largest absolute Gasteiger partial charge is 0.534 e. The fourth-order valence-electron chi connectivity index (χ4n) is 0.0106. The molecular formula is H3F2MgO4P. The van der Waals surface area contributed by atoms with E-state index in [1.165, 1.54) is 0 Å². The molecule has 0 aromatic heterocycles. The Bertz CT molecular complexity index is 86.0. The van der Waals surface area contributed by atoms with Crippen LogP contribution in [-0.2, 0) is 14.0 Å². The van der Waals surface area contributed by atoms with Gasteiger partial charge in [0.1, 0.15) is 0 Å². The lowest BCUT2D eigenvalue weighted by atomic mass is 15.5. The maximum Gasteiger partial charge on any atom is 0.534 e. The van der Waals surface area contributed by atoms with Gasteiger partial charge in [-0.1, -0.05) is 9.46 Å². The third-order valence-electron chi connectivity index (χ3n) is 0.174. The van der Waals surface area contributed by atoms with Crippen LogP contribution >= 0.6 is 7.82 Å². The minimum Gasteiger partial charge on any atom is -0.299 e. The van der Waals surface area contributed by atoms with E-state index in [4.69, 9.17) is 4.89 Å². The van der Waals surface area contributed by atoms with Gasteiger partial charge in [-0.3, -0.25) is 4.89 Å². The molecule has 0 amide bonds. The van der Waals surface area contributed by atoms with Gasteiger partial charge in [-0.25, -0.2) is 4.57 Å². The van der Waals surface area contributed by atoms with E-state index in [-0.39, 0.29) is 23.1 Å². The molecule has 0 heterocycles. The molecule has 0 aliphatic carbocycles. The number of halogens is 2. The summed E-state index contributed by atoms with van der Waals surface area (Å²) in [6.07, 6.45) is 0. The van der Waals surface area contributed by atoms with E-state index < -0.39 is 7.82 Å². The Hall–Kier alpha value is 0.736. The molecule has 8 heavy (non-hydrogen) atoms. The summed E-state index contributed by atoms with van der Waals surface area (Å²) in [5, 5.41) is 0. The van der Waals surface area contributed by atoms with Gasteiger partial charge in [0, 0.05) is 0 Å². The number of phosphoric acid groups is 1. The lowest BCUT2D eigenvalue weighted by Crippen LogP contribution is -1.75. The fraction of sp³-hybridized carbons (Fsp3) is 0. The fourth-order valence-corrected chi connectivity index (χ4v) is 0.0319. The molecule has 0 unspecified atom stereocenters. The molecule has 0 aromatic carbocycles. The van der Waals surface area contributed by atoms with Crippen LogP contribution in [0.2, 0.25) is 0 Å². The molecule has 0 aromatic rings. The molecule has 0 fully saturated rings. The molecule has 0 aliphatic heterocycles. The van der Waals surface area contributed by atoms with Gasteiger partial charge in [0.15, 0.2) is 0 Å². The number of hydrogen-bond donors (Lipinski definition) is 1. The quantitative estimate of drug-likeness (QED) is 0.455. The van der Waals surface area contributed by atoms with Gasteiger partial charge < -0.3 is 0 Å². The molecule has 0 aliphatic rings. The van der Waals surface area contributed by atoms with Crippen LogP contribution < -0.4 is 0 Å². The van der Waals surface area contributed by atoms with Crippen molar-refractivity contribution < 1.29 is 28.0 Å². The first kappa shape index (κ1) is 11.5. The van der Waals surface area contributed by atoms with Crippen molar-refractivity contribution in [1.82, 2.24) is 0 Å². The summed E-state index contributed by atoms with van der Waals surface area (Å²) in [6, 6.07) is 0. The van der Waals surface area contributed by atoms with Crippen molar-refractivity contribution in [2.75, 3.05) is 0 Å². The first-order chi connectivity index (χ1) is 3.12.